The van der Waals surface area contributed by atoms with Crippen LogP contribution in [0.3, 0.4) is 0 Å². The zero-order valence-corrected chi connectivity index (χ0v) is 13.1. The van der Waals surface area contributed by atoms with Gasteiger partial charge in [0.25, 0.3) is 4.19 Å². The molecule has 0 saturated carbocycles. The van der Waals surface area contributed by atoms with Crippen molar-refractivity contribution in [1.29, 1.82) is 0 Å². The highest BCUT2D eigenvalue weighted by atomic mass is 32.2. The number of aryl methyl sites for hydroxylation is 1. The molecule has 0 atom stereocenters. The quantitative estimate of drug-likeness (QED) is 0.561. The zero-order chi connectivity index (χ0) is 13.9. The number of hydrogen-bond acceptors (Lipinski definition) is 2. The summed E-state index contributed by atoms with van der Waals surface area (Å²) in [4.78, 5) is 0. The van der Waals surface area contributed by atoms with Gasteiger partial charge in [-0.3, -0.25) is 0 Å². The van der Waals surface area contributed by atoms with E-state index < -0.39 is 0 Å². The Hall–Kier alpha value is -1.71. The van der Waals surface area contributed by atoms with Gasteiger partial charge in [-0.25, -0.2) is 0 Å². The van der Waals surface area contributed by atoms with Crippen LogP contribution in [0, 0.1) is 6.92 Å². The van der Waals surface area contributed by atoms with E-state index in [4.69, 9.17) is 4.74 Å². The number of benzene rings is 2. The molecule has 0 aliphatic rings. The molecule has 0 spiro atoms. The van der Waals surface area contributed by atoms with Crippen LogP contribution in [0.4, 0.5) is 0 Å². The molecule has 1 aromatic heterocycles. The summed E-state index contributed by atoms with van der Waals surface area (Å²) in [5.74, 6) is 0.891. The van der Waals surface area contributed by atoms with Gasteiger partial charge in [0.2, 0.25) is 0 Å². The number of fused-ring (bicyclic) bond motifs is 1. The van der Waals surface area contributed by atoms with Crippen molar-refractivity contribution in [2.24, 2.45) is 0 Å². The highest BCUT2D eigenvalue weighted by Gasteiger charge is 2.12. The van der Waals surface area contributed by atoms with Crippen LogP contribution in [0.25, 0.3) is 21.6 Å². The number of hydrogen-bond donors (Lipinski definition) is 0. The number of rotatable bonds is 3. The Bertz CT molecular complexity index is 754. The van der Waals surface area contributed by atoms with Gasteiger partial charge < -0.3 is 4.74 Å². The SMILES string of the molecule is COc1ccc(/C=C/c2sc3cc(C)ccc3[s+]2)cc1. The molecular formula is C17H15OS2+. The van der Waals surface area contributed by atoms with Gasteiger partial charge in [-0.15, -0.1) is 0 Å². The molecule has 0 saturated heterocycles. The van der Waals surface area contributed by atoms with E-state index in [1.807, 2.05) is 34.8 Å². The van der Waals surface area contributed by atoms with Gasteiger partial charge in [0.15, 0.2) is 9.40 Å². The second kappa shape index (κ2) is 5.73. The van der Waals surface area contributed by atoms with Crippen molar-refractivity contribution in [2.45, 2.75) is 6.92 Å². The van der Waals surface area contributed by atoms with Crippen LogP contribution >= 0.6 is 22.7 Å². The zero-order valence-electron chi connectivity index (χ0n) is 11.4. The molecule has 3 heteroatoms. The molecule has 0 unspecified atom stereocenters. The number of methoxy groups -OCH3 is 1. The van der Waals surface area contributed by atoms with Crippen molar-refractivity contribution in [3.8, 4) is 5.75 Å². The van der Waals surface area contributed by atoms with Crippen LogP contribution in [0.15, 0.2) is 42.5 Å². The molecule has 3 aromatic rings. The van der Waals surface area contributed by atoms with Crippen molar-refractivity contribution < 1.29 is 4.74 Å². The molecule has 0 radical (unpaired) electrons. The van der Waals surface area contributed by atoms with Crippen molar-refractivity contribution in [3.05, 3.63) is 57.8 Å². The third-order valence-electron chi connectivity index (χ3n) is 3.05. The van der Waals surface area contributed by atoms with Crippen molar-refractivity contribution in [3.63, 3.8) is 0 Å². The molecule has 0 aliphatic carbocycles. The molecular weight excluding hydrogens is 284 g/mol. The summed E-state index contributed by atoms with van der Waals surface area (Å²) >= 11 is 3.69. The Morgan fingerprint density at radius 2 is 1.85 bits per heavy atom. The first-order chi connectivity index (χ1) is 9.74. The van der Waals surface area contributed by atoms with Gasteiger partial charge in [0.05, 0.1) is 29.8 Å². The van der Waals surface area contributed by atoms with Crippen LogP contribution < -0.4 is 4.74 Å². The second-order valence-corrected chi connectivity index (χ2v) is 7.01. The smallest absolute Gasteiger partial charge is 0.279 e. The molecule has 1 nitrogen and oxygen atoms in total. The molecule has 2 aromatic carbocycles. The normalized spacial score (nSPS) is 11.3. The maximum Gasteiger partial charge on any atom is 0.279 e. The Balaban J connectivity index is 1.85. The average molecular weight is 299 g/mol. The first kappa shape index (κ1) is 13.3. The van der Waals surface area contributed by atoms with Crippen molar-refractivity contribution >= 4 is 44.2 Å². The van der Waals surface area contributed by atoms with Crippen LogP contribution in [0.1, 0.15) is 15.3 Å². The Labute approximate surface area is 126 Å². The summed E-state index contributed by atoms with van der Waals surface area (Å²) in [7, 11) is 1.69. The van der Waals surface area contributed by atoms with Gasteiger partial charge in [-0.1, -0.05) is 18.2 Å². The van der Waals surface area contributed by atoms with E-state index in [2.05, 4.69) is 49.4 Å². The topological polar surface area (TPSA) is 9.23 Å². The summed E-state index contributed by atoms with van der Waals surface area (Å²) in [5.41, 5.74) is 2.50. The summed E-state index contributed by atoms with van der Waals surface area (Å²) < 4.78 is 9.21. The van der Waals surface area contributed by atoms with E-state index in [9.17, 15) is 0 Å². The second-order valence-electron chi connectivity index (χ2n) is 4.58. The van der Waals surface area contributed by atoms with E-state index in [0.717, 1.165) is 5.75 Å². The highest BCUT2D eigenvalue weighted by molar-refractivity contribution is 7.39. The van der Waals surface area contributed by atoms with E-state index in [-0.39, 0.29) is 0 Å². The summed E-state index contributed by atoms with van der Waals surface area (Å²) in [6, 6.07) is 14.7. The molecule has 0 bridgehead atoms. The van der Waals surface area contributed by atoms with Crippen molar-refractivity contribution in [2.75, 3.05) is 7.11 Å². The Morgan fingerprint density at radius 1 is 1.05 bits per heavy atom. The van der Waals surface area contributed by atoms with Gasteiger partial charge in [-0.2, -0.15) is 0 Å². The van der Waals surface area contributed by atoms with E-state index in [1.54, 1.807) is 7.11 Å². The first-order valence-corrected chi connectivity index (χ1v) is 8.03. The van der Waals surface area contributed by atoms with Gasteiger partial charge >= 0.3 is 0 Å². The Morgan fingerprint density at radius 3 is 2.60 bits per heavy atom. The molecule has 0 aliphatic heterocycles. The van der Waals surface area contributed by atoms with Crippen LogP contribution in [-0.4, -0.2) is 7.11 Å². The molecule has 1 heterocycles. The predicted octanol–water partition coefficient (Wildman–Crippen LogP) is 5.73. The van der Waals surface area contributed by atoms with E-state index in [0.29, 0.717) is 0 Å². The molecule has 0 fully saturated rings. The summed E-state index contributed by atoms with van der Waals surface area (Å²) in [6.45, 7) is 2.14. The highest BCUT2D eigenvalue weighted by Crippen LogP contribution is 2.33. The van der Waals surface area contributed by atoms with Gasteiger partial charge in [0.1, 0.15) is 5.75 Å². The average Bonchev–Trinajstić information content (AvgIpc) is 2.87. The van der Waals surface area contributed by atoms with E-state index in [1.165, 1.54) is 24.7 Å². The lowest BCUT2D eigenvalue weighted by Gasteiger charge is -1.98. The third kappa shape index (κ3) is 2.89. The molecule has 0 amide bonds. The predicted molar refractivity (Wildman–Crippen MR) is 90.8 cm³/mol. The van der Waals surface area contributed by atoms with Gasteiger partial charge in [-0.05, 0) is 48.4 Å². The molecule has 0 N–H and O–H groups in total. The fourth-order valence-corrected chi connectivity index (χ4v) is 4.33. The lowest BCUT2D eigenvalue weighted by atomic mass is 10.2. The first-order valence-electron chi connectivity index (χ1n) is 6.40. The fraction of sp³-hybridized carbons (Fsp3) is 0.118. The minimum atomic E-state index is 0.891. The molecule has 100 valence electrons. The Kier molecular flexibility index (Phi) is 3.81. The standard InChI is InChI=1S/C17H15OS2/c1-12-3-9-15-16(11-12)20-17(19-15)10-6-13-4-7-14(18-2)8-5-13/h3-11H,1-2H3/q+1/b10-6+. The summed E-state index contributed by atoms with van der Waals surface area (Å²) in [6.07, 6.45) is 4.33. The minimum absolute atomic E-state index is 0.891. The van der Waals surface area contributed by atoms with Crippen LogP contribution in [0.2, 0.25) is 0 Å². The lowest BCUT2D eigenvalue weighted by molar-refractivity contribution is 0.415. The monoisotopic (exact) mass is 299 g/mol. The maximum absolute atomic E-state index is 5.16. The lowest BCUT2D eigenvalue weighted by Crippen LogP contribution is -1.81. The molecule has 3 rings (SSSR count). The third-order valence-corrected chi connectivity index (χ3v) is 5.49. The number of ether oxygens (including phenoxy) is 1. The molecule has 20 heavy (non-hydrogen) atoms. The maximum atomic E-state index is 5.16. The van der Waals surface area contributed by atoms with Crippen LogP contribution in [0.5, 0.6) is 5.75 Å². The summed E-state index contributed by atoms with van der Waals surface area (Å²) in [5, 5.41) is 0. The van der Waals surface area contributed by atoms with Crippen LogP contribution in [-0.2, 0) is 0 Å². The van der Waals surface area contributed by atoms with Crippen molar-refractivity contribution in [1.82, 2.24) is 0 Å². The largest absolute Gasteiger partial charge is 0.497 e. The minimum Gasteiger partial charge on any atom is -0.497 e. The van der Waals surface area contributed by atoms with Gasteiger partial charge in [0, 0.05) is 6.08 Å². The van der Waals surface area contributed by atoms with E-state index >= 15 is 0 Å². The fourth-order valence-electron chi connectivity index (χ4n) is 1.96.